The highest BCUT2D eigenvalue weighted by Gasteiger charge is 2.34. The number of rotatable bonds is 9. The molecule has 40 heavy (non-hydrogen) atoms. The van der Waals surface area contributed by atoms with Crippen molar-refractivity contribution in [1.29, 1.82) is 0 Å². The van der Waals surface area contributed by atoms with Gasteiger partial charge in [0.25, 0.3) is 20.0 Å². The molecule has 0 saturated carbocycles. The van der Waals surface area contributed by atoms with Crippen LogP contribution in [0.4, 0.5) is 5.69 Å². The van der Waals surface area contributed by atoms with Crippen LogP contribution in [0, 0.1) is 5.92 Å². The van der Waals surface area contributed by atoms with Crippen LogP contribution in [0.3, 0.4) is 0 Å². The number of benzene rings is 1. The highest BCUT2D eigenvalue weighted by Crippen LogP contribution is 2.31. The van der Waals surface area contributed by atoms with E-state index < -0.39 is 32.2 Å². The van der Waals surface area contributed by atoms with Crippen LogP contribution >= 0.6 is 11.3 Å². The maximum absolute atomic E-state index is 13.4. The van der Waals surface area contributed by atoms with E-state index in [1.165, 1.54) is 36.0 Å². The summed E-state index contributed by atoms with van der Waals surface area (Å²) in [5, 5.41) is 11.4. The first-order valence-corrected chi connectivity index (χ1v) is 16.3. The van der Waals surface area contributed by atoms with Crippen molar-refractivity contribution >= 4 is 43.0 Å². The second kappa shape index (κ2) is 11.9. The molecular formula is C25H33N5O7S3. The highest BCUT2D eigenvalue weighted by molar-refractivity contribution is 7.94. The number of nitrogens with one attached hydrogen (secondary N) is 1. The average molecular weight is 612 g/mol. The summed E-state index contributed by atoms with van der Waals surface area (Å²) in [6.45, 7) is 3.50. The summed E-state index contributed by atoms with van der Waals surface area (Å²) >= 11 is 1.08. The number of hydrogen-bond donors (Lipinski definition) is 2. The molecule has 3 aromatic rings. The van der Waals surface area contributed by atoms with Gasteiger partial charge in [-0.3, -0.25) is 9.52 Å². The predicted octanol–water partition coefficient (Wildman–Crippen LogP) is 1.75. The van der Waals surface area contributed by atoms with E-state index in [1.54, 1.807) is 47.0 Å². The van der Waals surface area contributed by atoms with Crippen molar-refractivity contribution in [2.24, 2.45) is 13.0 Å². The zero-order valence-electron chi connectivity index (χ0n) is 22.6. The Kier molecular flexibility index (Phi) is 8.89. The predicted molar refractivity (Wildman–Crippen MR) is 150 cm³/mol. The monoisotopic (exact) mass is 611 g/mol. The van der Waals surface area contributed by atoms with Crippen molar-refractivity contribution in [2.45, 2.75) is 41.6 Å². The van der Waals surface area contributed by atoms with Crippen molar-refractivity contribution in [1.82, 2.24) is 18.8 Å². The summed E-state index contributed by atoms with van der Waals surface area (Å²) < 4.78 is 63.7. The summed E-state index contributed by atoms with van der Waals surface area (Å²) in [6, 6.07) is 7.30. The molecule has 15 heteroatoms. The SMILES string of the molecule is C[C@H](CO)N1C[C@H](C)[C@@H](CN(C)S(=O)(=O)c2cn(C)cn2)Oc2ccc(NS(=O)(=O)c3cccs3)cc2CC1=O. The van der Waals surface area contributed by atoms with Gasteiger partial charge in [-0.25, -0.2) is 21.8 Å². The van der Waals surface area contributed by atoms with Crippen molar-refractivity contribution in [3.05, 3.63) is 53.8 Å². The first kappa shape index (κ1) is 30.0. The van der Waals surface area contributed by atoms with Gasteiger partial charge < -0.3 is 19.3 Å². The van der Waals surface area contributed by atoms with Crippen molar-refractivity contribution in [3.63, 3.8) is 0 Å². The number of sulfonamides is 2. The maximum atomic E-state index is 13.4. The molecule has 0 bridgehead atoms. The molecule has 1 aliphatic rings. The summed E-state index contributed by atoms with van der Waals surface area (Å²) in [7, 11) is -4.62. The van der Waals surface area contributed by atoms with E-state index in [2.05, 4.69) is 9.71 Å². The van der Waals surface area contributed by atoms with Crippen molar-refractivity contribution < 1.29 is 31.5 Å². The molecule has 3 atom stereocenters. The van der Waals surface area contributed by atoms with Gasteiger partial charge in [0, 0.05) is 44.0 Å². The Bertz CT molecular complexity index is 1550. The molecule has 0 fully saturated rings. The highest BCUT2D eigenvalue weighted by atomic mass is 32.2. The van der Waals surface area contributed by atoms with Gasteiger partial charge >= 0.3 is 0 Å². The van der Waals surface area contributed by atoms with E-state index in [1.807, 2.05) is 6.92 Å². The molecule has 0 aliphatic carbocycles. The zero-order chi connectivity index (χ0) is 29.2. The minimum atomic E-state index is -3.92. The van der Waals surface area contributed by atoms with E-state index in [0.29, 0.717) is 11.3 Å². The summed E-state index contributed by atoms with van der Waals surface area (Å²) in [6.07, 6.45) is 2.03. The lowest BCUT2D eigenvalue weighted by atomic mass is 10.0. The van der Waals surface area contributed by atoms with Crippen molar-refractivity contribution in [3.8, 4) is 5.75 Å². The molecule has 12 nitrogen and oxygen atoms in total. The first-order chi connectivity index (χ1) is 18.8. The van der Waals surface area contributed by atoms with Crippen molar-refractivity contribution in [2.75, 3.05) is 31.5 Å². The Morgan fingerprint density at radius 1 is 1.27 bits per heavy atom. The van der Waals surface area contributed by atoms with E-state index in [9.17, 15) is 26.7 Å². The Labute approximate surface area is 238 Å². The molecule has 0 unspecified atom stereocenters. The second-order valence-electron chi connectivity index (χ2n) is 9.91. The molecular weight excluding hydrogens is 579 g/mol. The summed E-state index contributed by atoms with van der Waals surface area (Å²) in [5.74, 6) is -0.264. The van der Waals surface area contributed by atoms with E-state index >= 15 is 0 Å². The first-order valence-electron chi connectivity index (χ1n) is 12.5. The number of likely N-dealkylation sites (N-methyl/N-ethyl adjacent to an activating group) is 1. The standard InChI is InChI=1S/C25H33N5O7S3/c1-17-12-30(18(2)15-31)24(32)11-19-10-20(27-39(33,34)25-6-5-9-38-25)7-8-21(19)37-22(17)13-29(4)40(35,36)23-14-28(3)16-26-23/h5-10,14,16-18,22,27,31H,11-13,15H2,1-4H3/t17-,18+,22+/m0/s1. The molecule has 2 aromatic heterocycles. The number of aryl methyl sites for hydroxylation is 1. The number of thiophene rings is 1. The maximum Gasteiger partial charge on any atom is 0.271 e. The molecule has 1 aliphatic heterocycles. The number of imidazole rings is 1. The number of hydrogen-bond acceptors (Lipinski definition) is 9. The van der Waals surface area contributed by atoms with Crippen LogP contribution in [-0.4, -0.2) is 85.5 Å². The lowest BCUT2D eigenvalue weighted by Gasteiger charge is -2.33. The smallest absolute Gasteiger partial charge is 0.271 e. The third-order valence-electron chi connectivity index (χ3n) is 6.72. The summed E-state index contributed by atoms with van der Waals surface area (Å²) in [5.41, 5.74) is 0.685. The average Bonchev–Trinajstić information content (AvgIpc) is 3.60. The fourth-order valence-corrected chi connectivity index (χ4v) is 7.55. The van der Waals surface area contributed by atoms with Crippen LogP contribution in [0.15, 0.2) is 57.5 Å². The van der Waals surface area contributed by atoms with Gasteiger partial charge in [-0.15, -0.1) is 11.3 Å². The minimum absolute atomic E-state index is 0.0399. The second-order valence-corrected chi connectivity index (χ2v) is 14.8. The van der Waals surface area contributed by atoms with Gasteiger partial charge in [-0.05, 0) is 36.6 Å². The Hall–Kier alpha value is -2.98. The summed E-state index contributed by atoms with van der Waals surface area (Å²) in [4.78, 5) is 18.9. The van der Waals surface area contributed by atoms with Gasteiger partial charge in [0.2, 0.25) is 5.91 Å². The van der Waals surface area contributed by atoms with Crippen LogP contribution in [0.2, 0.25) is 0 Å². The molecule has 4 rings (SSSR count). The number of ether oxygens (including phenoxy) is 1. The topological polar surface area (TPSA) is 151 Å². The molecule has 3 heterocycles. The van der Waals surface area contributed by atoms with Crippen LogP contribution < -0.4 is 9.46 Å². The lowest BCUT2D eigenvalue weighted by molar-refractivity contribution is -0.134. The quantitative estimate of drug-likeness (QED) is 0.372. The molecule has 0 saturated heterocycles. The van der Waals surface area contributed by atoms with Gasteiger partial charge in [0.05, 0.1) is 31.9 Å². The molecule has 218 valence electrons. The molecule has 0 radical (unpaired) electrons. The minimum Gasteiger partial charge on any atom is -0.488 e. The normalized spacial score (nSPS) is 19.4. The van der Waals surface area contributed by atoms with E-state index in [4.69, 9.17) is 4.74 Å². The number of nitrogens with zero attached hydrogens (tertiary/aromatic N) is 4. The number of aromatic nitrogens is 2. The molecule has 1 amide bonds. The molecule has 1 aromatic carbocycles. The third kappa shape index (κ3) is 6.49. The van der Waals surface area contributed by atoms with Gasteiger partial charge in [-0.2, -0.15) is 4.31 Å². The fraction of sp³-hybridized carbons (Fsp3) is 0.440. The number of aliphatic hydroxyl groups is 1. The zero-order valence-corrected chi connectivity index (χ0v) is 25.0. The number of carbonyl (C=O) groups excluding carboxylic acids is 1. The fourth-order valence-electron chi connectivity index (χ4n) is 4.37. The van der Waals surface area contributed by atoms with E-state index in [0.717, 1.165) is 11.3 Å². The number of amides is 1. The number of anilines is 1. The number of fused-ring (bicyclic) bond motifs is 1. The molecule has 2 N–H and O–H groups in total. The lowest BCUT2D eigenvalue weighted by Crippen LogP contribution is -2.48. The number of carbonyl (C=O) groups is 1. The number of aliphatic hydroxyl groups excluding tert-OH is 1. The van der Waals surface area contributed by atoms with Crippen LogP contribution in [0.1, 0.15) is 19.4 Å². The largest absolute Gasteiger partial charge is 0.488 e. The Morgan fingerprint density at radius 3 is 2.65 bits per heavy atom. The van der Waals surface area contributed by atoms with Gasteiger partial charge in [0.15, 0.2) is 5.03 Å². The molecule has 0 spiro atoms. The third-order valence-corrected chi connectivity index (χ3v) is 11.2. The van der Waals surface area contributed by atoms with Gasteiger partial charge in [0.1, 0.15) is 16.1 Å². The van der Waals surface area contributed by atoms with E-state index in [-0.39, 0.29) is 52.9 Å². The Morgan fingerprint density at radius 2 is 2.02 bits per heavy atom. The Balaban J connectivity index is 1.68. The van der Waals surface area contributed by atoms with Gasteiger partial charge in [-0.1, -0.05) is 13.0 Å². The van der Waals surface area contributed by atoms with Crippen LogP contribution in [0.25, 0.3) is 0 Å². The van der Waals surface area contributed by atoms with Crippen LogP contribution in [0.5, 0.6) is 5.75 Å². The van der Waals surface area contributed by atoms with Crippen LogP contribution in [-0.2, 0) is 38.3 Å².